The zero-order valence-corrected chi connectivity index (χ0v) is 17.8. The molecule has 2 aromatic carbocycles. The molecule has 1 fully saturated rings. The third-order valence-corrected chi connectivity index (χ3v) is 5.46. The molecule has 0 amide bonds. The molecule has 0 bridgehead atoms. The second kappa shape index (κ2) is 9.60. The highest BCUT2D eigenvalue weighted by Gasteiger charge is 2.29. The molecule has 0 spiro atoms. The molecule has 3 aromatic rings. The summed E-state index contributed by atoms with van der Waals surface area (Å²) < 4.78 is 23.2. The van der Waals surface area contributed by atoms with E-state index in [1.807, 2.05) is 4.90 Å². The van der Waals surface area contributed by atoms with Crippen molar-refractivity contribution >= 4 is 23.4 Å². The Bertz CT molecular complexity index is 1190. The van der Waals surface area contributed by atoms with Crippen LogP contribution < -0.4 is 4.90 Å². The van der Waals surface area contributed by atoms with E-state index in [1.165, 1.54) is 37.5 Å². The number of nitro groups is 1. The lowest BCUT2D eigenvalue weighted by atomic mass is 9.97. The van der Waals surface area contributed by atoms with E-state index in [-0.39, 0.29) is 17.4 Å². The molecule has 4 rings (SSSR count). The number of carbonyl (C=O) groups excluding carboxylic acids is 1. The fourth-order valence-corrected chi connectivity index (χ4v) is 3.80. The number of rotatable bonds is 6. The van der Waals surface area contributed by atoms with Crippen LogP contribution in [0.15, 0.2) is 53.1 Å². The summed E-state index contributed by atoms with van der Waals surface area (Å²) >= 11 is 0. The molecule has 10 heteroatoms. The predicted octanol–water partition coefficient (Wildman–Crippen LogP) is 4.35. The largest absolute Gasteiger partial charge is 0.466 e. The van der Waals surface area contributed by atoms with Crippen molar-refractivity contribution in [3.05, 3.63) is 75.9 Å². The molecule has 0 aliphatic carbocycles. The molecule has 0 N–H and O–H groups in total. The number of piperidine rings is 1. The Morgan fingerprint density at radius 1 is 1.30 bits per heavy atom. The number of benzene rings is 2. The zero-order chi connectivity index (χ0) is 23.4. The van der Waals surface area contributed by atoms with Crippen molar-refractivity contribution in [1.82, 2.24) is 10.1 Å². The molecule has 33 heavy (non-hydrogen) atoms. The zero-order valence-electron chi connectivity index (χ0n) is 17.8. The maximum atomic E-state index is 13.2. The number of esters is 1. The highest BCUT2D eigenvalue weighted by molar-refractivity contribution is 5.87. The summed E-state index contributed by atoms with van der Waals surface area (Å²) in [5.41, 5.74) is 1.59. The molecule has 0 saturated carbocycles. The second-order valence-electron chi connectivity index (χ2n) is 7.61. The first kappa shape index (κ1) is 22.1. The van der Waals surface area contributed by atoms with Gasteiger partial charge in [0.05, 0.1) is 18.0 Å². The first-order valence-corrected chi connectivity index (χ1v) is 10.3. The van der Waals surface area contributed by atoms with Crippen molar-refractivity contribution in [2.45, 2.75) is 18.8 Å². The van der Waals surface area contributed by atoms with Gasteiger partial charge in [0.25, 0.3) is 5.69 Å². The van der Waals surface area contributed by atoms with E-state index in [4.69, 9.17) is 4.52 Å². The SMILES string of the molecule is COC(=O)/C=C/c1ccc(N2CCC[C@@H](c3nc(-c4ccc(F)cc4)no3)C2)c([N+](=O)[O-])c1. The van der Waals surface area contributed by atoms with Gasteiger partial charge in [0.15, 0.2) is 0 Å². The van der Waals surface area contributed by atoms with Crippen LogP contribution in [0.5, 0.6) is 0 Å². The van der Waals surface area contributed by atoms with Crippen LogP contribution in [0.4, 0.5) is 15.8 Å². The number of halogens is 1. The lowest BCUT2D eigenvalue weighted by molar-refractivity contribution is -0.384. The van der Waals surface area contributed by atoms with Crippen LogP contribution in [0.2, 0.25) is 0 Å². The summed E-state index contributed by atoms with van der Waals surface area (Å²) in [5.74, 6) is -0.174. The topological polar surface area (TPSA) is 112 Å². The van der Waals surface area contributed by atoms with Crippen molar-refractivity contribution < 1.29 is 23.4 Å². The van der Waals surface area contributed by atoms with Crippen molar-refractivity contribution in [3.63, 3.8) is 0 Å². The number of ether oxygens (including phenoxy) is 1. The van der Waals surface area contributed by atoms with Gasteiger partial charge in [-0.15, -0.1) is 0 Å². The average molecular weight is 452 g/mol. The second-order valence-corrected chi connectivity index (χ2v) is 7.61. The number of nitrogens with zero attached hydrogens (tertiary/aromatic N) is 4. The van der Waals surface area contributed by atoms with E-state index in [0.29, 0.717) is 41.6 Å². The normalized spacial score (nSPS) is 16.2. The molecule has 0 radical (unpaired) electrons. The van der Waals surface area contributed by atoms with E-state index in [2.05, 4.69) is 14.9 Å². The molecular formula is C23H21FN4O5. The Morgan fingerprint density at radius 3 is 2.82 bits per heavy atom. The summed E-state index contributed by atoms with van der Waals surface area (Å²) in [6, 6.07) is 10.6. The number of nitro benzene ring substituents is 1. The Hall–Kier alpha value is -4.08. The number of hydrogen-bond acceptors (Lipinski definition) is 8. The summed E-state index contributed by atoms with van der Waals surface area (Å²) in [5, 5.41) is 15.7. The van der Waals surface area contributed by atoms with Crippen LogP contribution in [0.25, 0.3) is 17.5 Å². The number of methoxy groups -OCH3 is 1. The van der Waals surface area contributed by atoms with Crippen LogP contribution in [-0.4, -0.2) is 41.2 Å². The third kappa shape index (κ3) is 5.05. The third-order valence-electron chi connectivity index (χ3n) is 5.46. The fourth-order valence-electron chi connectivity index (χ4n) is 3.80. The Morgan fingerprint density at radius 2 is 2.09 bits per heavy atom. The molecule has 9 nitrogen and oxygen atoms in total. The molecule has 2 heterocycles. The predicted molar refractivity (Wildman–Crippen MR) is 118 cm³/mol. The highest BCUT2D eigenvalue weighted by Crippen LogP contribution is 2.35. The van der Waals surface area contributed by atoms with Gasteiger partial charge >= 0.3 is 5.97 Å². The van der Waals surface area contributed by atoms with Crippen LogP contribution in [0, 0.1) is 15.9 Å². The van der Waals surface area contributed by atoms with Gasteiger partial charge in [0.2, 0.25) is 11.7 Å². The summed E-state index contributed by atoms with van der Waals surface area (Å²) in [6.45, 7) is 1.12. The van der Waals surface area contributed by atoms with Crippen LogP contribution in [0.1, 0.15) is 30.2 Å². The molecule has 1 aliphatic rings. The van der Waals surface area contributed by atoms with E-state index in [0.717, 1.165) is 12.8 Å². The summed E-state index contributed by atoms with van der Waals surface area (Å²) in [7, 11) is 1.26. The summed E-state index contributed by atoms with van der Waals surface area (Å²) in [4.78, 5) is 29.0. The van der Waals surface area contributed by atoms with Crippen LogP contribution >= 0.6 is 0 Å². The van der Waals surface area contributed by atoms with Crippen LogP contribution in [0.3, 0.4) is 0 Å². The van der Waals surface area contributed by atoms with Crippen LogP contribution in [-0.2, 0) is 9.53 Å². The maximum Gasteiger partial charge on any atom is 0.330 e. The number of carbonyl (C=O) groups is 1. The quantitative estimate of drug-likeness (QED) is 0.235. The van der Waals surface area contributed by atoms with Crippen molar-refractivity contribution in [2.24, 2.45) is 0 Å². The molecule has 170 valence electrons. The molecule has 1 atom stereocenters. The minimum atomic E-state index is -0.542. The van der Waals surface area contributed by atoms with Gasteiger partial charge in [-0.05, 0) is 54.8 Å². The fraction of sp³-hybridized carbons (Fsp3) is 0.261. The lowest BCUT2D eigenvalue weighted by Gasteiger charge is -2.32. The molecule has 0 unspecified atom stereocenters. The monoisotopic (exact) mass is 452 g/mol. The van der Waals surface area contributed by atoms with E-state index in [9.17, 15) is 19.3 Å². The van der Waals surface area contributed by atoms with E-state index >= 15 is 0 Å². The van der Waals surface area contributed by atoms with Gasteiger partial charge in [-0.3, -0.25) is 10.1 Å². The van der Waals surface area contributed by atoms with Gasteiger partial charge in [0.1, 0.15) is 11.5 Å². The number of hydrogen-bond donors (Lipinski definition) is 0. The van der Waals surface area contributed by atoms with Gasteiger partial charge < -0.3 is 14.2 Å². The molecule has 1 aromatic heterocycles. The van der Waals surface area contributed by atoms with E-state index < -0.39 is 10.9 Å². The average Bonchev–Trinajstić information content (AvgIpc) is 3.33. The minimum absolute atomic E-state index is 0.0554. The first-order chi connectivity index (χ1) is 15.9. The van der Waals surface area contributed by atoms with Gasteiger partial charge in [-0.25, -0.2) is 9.18 Å². The maximum absolute atomic E-state index is 13.2. The van der Waals surface area contributed by atoms with Gasteiger partial charge in [-0.2, -0.15) is 4.98 Å². The van der Waals surface area contributed by atoms with Gasteiger partial charge in [-0.1, -0.05) is 11.2 Å². The van der Waals surface area contributed by atoms with Gasteiger partial charge in [0, 0.05) is 30.8 Å². The van der Waals surface area contributed by atoms with Crippen molar-refractivity contribution in [2.75, 3.05) is 25.1 Å². The number of anilines is 1. The minimum Gasteiger partial charge on any atom is -0.466 e. The van der Waals surface area contributed by atoms with Crippen molar-refractivity contribution in [1.29, 1.82) is 0 Å². The Kier molecular flexibility index (Phi) is 6.43. The standard InChI is InChI=1S/C23H21FN4O5/c1-32-21(29)11-5-15-4-10-19(20(13-15)28(30)31)27-12-2-3-17(14-27)23-25-22(26-33-23)16-6-8-18(24)9-7-16/h4-11,13,17H,2-3,12,14H2,1H3/b11-5+/t17-/m1/s1. The van der Waals surface area contributed by atoms with E-state index in [1.54, 1.807) is 24.3 Å². The van der Waals surface area contributed by atoms with Crippen molar-refractivity contribution in [3.8, 4) is 11.4 Å². The Labute approximate surface area is 188 Å². The summed E-state index contributed by atoms with van der Waals surface area (Å²) in [6.07, 6.45) is 4.27. The first-order valence-electron chi connectivity index (χ1n) is 10.3. The Balaban J connectivity index is 1.55. The lowest BCUT2D eigenvalue weighted by Crippen LogP contribution is -2.34. The highest BCUT2D eigenvalue weighted by atomic mass is 19.1. The number of aromatic nitrogens is 2. The molecule has 1 saturated heterocycles. The molecular weight excluding hydrogens is 431 g/mol. The smallest absolute Gasteiger partial charge is 0.330 e. The molecule has 1 aliphatic heterocycles.